The Kier molecular flexibility index (Phi) is 11.0. The molecule has 40 heavy (non-hydrogen) atoms. The van der Waals surface area contributed by atoms with Crippen LogP contribution in [0.5, 0.6) is 0 Å². The summed E-state index contributed by atoms with van der Waals surface area (Å²) < 4.78 is 10.7. The van der Waals surface area contributed by atoms with Crippen LogP contribution in [0.2, 0.25) is 6.32 Å². The first-order valence-corrected chi connectivity index (χ1v) is 13.3. The predicted molar refractivity (Wildman–Crippen MR) is 147 cm³/mol. The lowest BCUT2D eigenvalue weighted by Crippen LogP contribution is -2.67. The molecule has 3 amide bonds. The number of amides is 3. The fourth-order valence-electron chi connectivity index (χ4n) is 4.59. The minimum Gasteiger partial charge on any atom is -0.479 e. The van der Waals surface area contributed by atoms with Gasteiger partial charge in [0.15, 0.2) is 5.54 Å². The summed E-state index contributed by atoms with van der Waals surface area (Å²) in [4.78, 5) is 53.2. The molecule has 5 N–H and O–H groups in total. The molecule has 1 aliphatic rings. The van der Waals surface area contributed by atoms with Crippen molar-refractivity contribution in [2.75, 3.05) is 13.1 Å². The first kappa shape index (κ1) is 32.9. The van der Waals surface area contributed by atoms with Gasteiger partial charge in [-0.15, -0.1) is 0 Å². The summed E-state index contributed by atoms with van der Waals surface area (Å²) in [5.41, 5.74) is -2.87. The van der Waals surface area contributed by atoms with Gasteiger partial charge in [-0.3, -0.25) is 4.79 Å². The summed E-state index contributed by atoms with van der Waals surface area (Å²) in [6, 6.07) is 7.89. The molecular formula is C27H42BN3O9. The Morgan fingerprint density at radius 1 is 1.02 bits per heavy atom. The van der Waals surface area contributed by atoms with Crippen molar-refractivity contribution in [3.8, 4) is 0 Å². The molecule has 1 aromatic carbocycles. The molecule has 222 valence electrons. The standard InChI is InChI=1S/C27H42BN3O9/c1-25(2,3)39-23(35)29-20(14-18-10-8-7-9-11-18)21(32)31-16-19(12-13-28(37)38)15-27(17-31,22(33)34)30-24(36)40-26(4,5)6/h7-11,19-20,37-38H,12-17H2,1-6H3,(H,29,35)(H,30,36)(H,33,34)/t19-,20?,27+/m0/s1. The van der Waals surface area contributed by atoms with Crippen LogP contribution in [0, 0.1) is 5.92 Å². The second kappa shape index (κ2) is 13.4. The second-order valence-corrected chi connectivity index (χ2v) is 12.2. The van der Waals surface area contributed by atoms with E-state index >= 15 is 0 Å². The number of benzene rings is 1. The predicted octanol–water partition coefficient (Wildman–Crippen LogP) is 2.18. The highest BCUT2D eigenvalue weighted by atomic mass is 16.6. The lowest BCUT2D eigenvalue weighted by molar-refractivity contribution is -0.152. The number of alkyl carbamates (subject to hydrolysis) is 2. The topological polar surface area (TPSA) is 175 Å². The number of nitrogens with zero attached hydrogens (tertiary/aromatic N) is 1. The van der Waals surface area contributed by atoms with Crippen LogP contribution >= 0.6 is 0 Å². The highest BCUT2D eigenvalue weighted by Gasteiger charge is 2.49. The number of rotatable bonds is 9. The molecule has 0 saturated carbocycles. The number of nitrogens with one attached hydrogen (secondary N) is 2. The normalized spacial score (nSPS) is 20.2. The van der Waals surface area contributed by atoms with E-state index in [0.717, 1.165) is 5.56 Å². The first-order valence-electron chi connectivity index (χ1n) is 13.3. The number of likely N-dealkylation sites (tertiary alicyclic amines) is 1. The van der Waals surface area contributed by atoms with Gasteiger partial charge in [-0.1, -0.05) is 36.8 Å². The van der Waals surface area contributed by atoms with Crippen LogP contribution in [-0.4, -0.2) is 87.1 Å². The third-order valence-corrected chi connectivity index (χ3v) is 6.14. The molecule has 1 heterocycles. The summed E-state index contributed by atoms with van der Waals surface area (Å²) in [5.74, 6) is -2.45. The summed E-state index contributed by atoms with van der Waals surface area (Å²) in [5, 5.41) is 34.2. The van der Waals surface area contributed by atoms with Crippen LogP contribution in [0.1, 0.15) is 59.9 Å². The van der Waals surface area contributed by atoms with Crippen LogP contribution in [0.15, 0.2) is 30.3 Å². The SMILES string of the molecule is CC(C)(C)OC(=O)NC(Cc1ccccc1)C(=O)N1C[C@@H](CCB(O)O)C[C@](NC(=O)OC(C)(C)C)(C(=O)O)C1. The van der Waals surface area contributed by atoms with E-state index in [1.807, 2.05) is 6.07 Å². The molecule has 1 saturated heterocycles. The molecule has 13 heteroatoms. The first-order chi connectivity index (χ1) is 18.4. The van der Waals surface area contributed by atoms with E-state index in [9.17, 15) is 34.3 Å². The Hall–Kier alpha value is -3.32. The van der Waals surface area contributed by atoms with Crippen molar-refractivity contribution in [3.05, 3.63) is 35.9 Å². The fraction of sp³-hybridized carbons (Fsp3) is 0.630. The Bertz CT molecular complexity index is 1040. The van der Waals surface area contributed by atoms with Crippen molar-refractivity contribution >= 4 is 31.2 Å². The van der Waals surface area contributed by atoms with Gasteiger partial charge in [-0.05, 0) is 65.8 Å². The Morgan fingerprint density at radius 2 is 1.60 bits per heavy atom. The van der Waals surface area contributed by atoms with Crippen LogP contribution in [0.4, 0.5) is 9.59 Å². The molecule has 0 spiro atoms. The zero-order chi connectivity index (χ0) is 30.3. The number of ether oxygens (including phenoxy) is 2. The molecule has 0 bridgehead atoms. The molecule has 1 unspecified atom stereocenters. The number of piperidine rings is 1. The molecule has 0 radical (unpaired) electrons. The summed E-state index contributed by atoms with van der Waals surface area (Å²) in [6.07, 6.45) is -1.61. The van der Waals surface area contributed by atoms with Gasteiger partial charge < -0.3 is 40.2 Å². The maximum atomic E-state index is 13.9. The van der Waals surface area contributed by atoms with Gasteiger partial charge >= 0.3 is 25.3 Å². The maximum Gasteiger partial charge on any atom is 0.451 e. The maximum absolute atomic E-state index is 13.9. The molecule has 1 aliphatic heterocycles. The number of carboxylic acids is 1. The summed E-state index contributed by atoms with van der Waals surface area (Å²) in [7, 11) is -1.62. The third-order valence-electron chi connectivity index (χ3n) is 6.14. The van der Waals surface area contributed by atoms with Gasteiger partial charge in [-0.25, -0.2) is 14.4 Å². The number of carbonyl (C=O) groups excluding carboxylic acids is 3. The van der Waals surface area contributed by atoms with E-state index in [-0.39, 0.29) is 38.7 Å². The van der Waals surface area contributed by atoms with Crippen molar-refractivity contribution in [2.45, 2.75) is 89.9 Å². The molecule has 2 rings (SSSR count). The van der Waals surface area contributed by atoms with E-state index in [1.54, 1.807) is 65.8 Å². The average Bonchev–Trinajstić information content (AvgIpc) is 2.79. The zero-order valence-electron chi connectivity index (χ0n) is 24.1. The molecule has 1 fully saturated rings. The Morgan fingerprint density at radius 3 is 2.12 bits per heavy atom. The third kappa shape index (κ3) is 10.7. The monoisotopic (exact) mass is 563 g/mol. The van der Waals surface area contributed by atoms with Crippen molar-refractivity contribution in [1.82, 2.24) is 15.5 Å². The van der Waals surface area contributed by atoms with E-state index < -0.39 is 59.9 Å². The molecule has 12 nitrogen and oxygen atoms in total. The van der Waals surface area contributed by atoms with Crippen LogP contribution < -0.4 is 10.6 Å². The second-order valence-electron chi connectivity index (χ2n) is 12.2. The molecular weight excluding hydrogens is 521 g/mol. The minimum absolute atomic E-state index is 0.0571. The van der Waals surface area contributed by atoms with Gasteiger partial charge in [0.05, 0.1) is 6.54 Å². The van der Waals surface area contributed by atoms with E-state index in [1.165, 1.54) is 4.90 Å². The fourth-order valence-corrected chi connectivity index (χ4v) is 4.59. The van der Waals surface area contributed by atoms with E-state index in [0.29, 0.717) is 0 Å². The van der Waals surface area contributed by atoms with E-state index in [2.05, 4.69) is 10.6 Å². The zero-order valence-corrected chi connectivity index (χ0v) is 24.1. The smallest absolute Gasteiger partial charge is 0.451 e. The van der Waals surface area contributed by atoms with E-state index in [4.69, 9.17) is 9.47 Å². The molecule has 0 aromatic heterocycles. The highest BCUT2D eigenvalue weighted by molar-refractivity contribution is 6.40. The number of hydrogen-bond donors (Lipinski definition) is 5. The number of aliphatic carboxylic acids is 1. The summed E-state index contributed by atoms with van der Waals surface area (Å²) >= 11 is 0. The minimum atomic E-state index is -1.91. The molecule has 3 atom stereocenters. The van der Waals surface area contributed by atoms with Crippen LogP contribution in [0.3, 0.4) is 0 Å². The Labute approximate surface area is 235 Å². The summed E-state index contributed by atoms with van der Waals surface area (Å²) in [6.45, 7) is 9.67. The van der Waals surface area contributed by atoms with Gasteiger partial charge in [0.2, 0.25) is 5.91 Å². The van der Waals surface area contributed by atoms with Crippen molar-refractivity contribution in [1.29, 1.82) is 0 Å². The van der Waals surface area contributed by atoms with Gasteiger partial charge in [0.1, 0.15) is 17.2 Å². The van der Waals surface area contributed by atoms with Gasteiger partial charge in [-0.2, -0.15) is 0 Å². The number of carbonyl (C=O) groups is 4. The van der Waals surface area contributed by atoms with Gasteiger partial charge in [0.25, 0.3) is 0 Å². The van der Waals surface area contributed by atoms with Crippen LogP contribution in [0.25, 0.3) is 0 Å². The largest absolute Gasteiger partial charge is 0.479 e. The Balaban J connectivity index is 2.42. The molecule has 1 aromatic rings. The van der Waals surface area contributed by atoms with Crippen LogP contribution in [-0.2, 0) is 25.5 Å². The highest BCUT2D eigenvalue weighted by Crippen LogP contribution is 2.31. The lowest BCUT2D eigenvalue weighted by Gasteiger charge is -2.45. The van der Waals surface area contributed by atoms with Crippen molar-refractivity contribution in [3.63, 3.8) is 0 Å². The van der Waals surface area contributed by atoms with Crippen molar-refractivity contribution < 1.29 is 43.8 Å². The average molecular weight is 563 g/mol. The van der Waals surface area contributed by atoms with Gasteiger partial charge in [0, 0.05) is 13.0 Å². The number of carboxylic acid groups (broad SMARTS) is 1. The quantitative estimate of drug-likeness (QED) is 0.282. The lowest BCUT2D eigenvalue weighted by atomic mass is 9.75. The molecule has 0 aliphatic carbocycles. The number of hydrogen-bond acceptors (Lipinski definition) is 8. The van der Waals surface area contributed by atoms with Crippen molar-refractivity contribution in [2.24, 2.45) is 5.92 Å².